The summed E-state index contributed by atoms with van der Waals surface area (Å²) in [4.78, 5) is 24.9. The molecule has 1 aromatic carbocycles. The Morgan fingerprint density at radius 1 is 1.19 bits per heavy atom. The number of carboxylic acid groups (broad SMARTS) is 1. The van der Waals surface area contributed by atoms with Gasteiger partial charge < -0.3 is 19.5 Å². The van der Waals surface area contributed by atoms with Crippen LogP contribution in [0.1, 0.15) is 31.1 Å². The third-order valence-corrected chi connectivity index (χ3v) is 4.61. The Balaban J connectivity index is 3.09. The van der Waals surface area contributed by atoms with Crippen LogP contribution in [0.5, 0.6) is 11.5 Å². The number of nitrogens with zero attached hydrogens (tertiary/aromatic N) is 1. The number of carboxylic acids is 1. The van der Waals surface area contributed by atoms with Gasteiger partial charge in [0.1, 0.15) is 9.84 Å². The van der Waals surface area contributed by atoms with Crippen molar-refractivity contribution >= 4 is 21.7 Å². The van der Waals surface area contributed by atoms with E-state index in [0.717, 1.165) is 6.26 Å². The van der Waals surface area contributed by atoms with Crippen molar-refractivity contribution < 1.29 is 32.6 Å². The summed E-state index contributed by atoms with van der Waals surface area (Å²) in [6.45, 7) is 5.32. The van der Waals surface area contributed by atoms with Gasteiger partial charge in [-0.3, -0.25) is 4.79 Å². The van der Waals surface area contributed by atoms with E-state index in [0.29, 0.717) is 18.7 Å². The van der Waals surface area contributed by atoms with Gasteiger partial charge in [-0.1, -0.05) is 0 Å². The normalized spacial score (nSPS) is 12.3. The van der Waals surface area contributed by atoms with Crippen LogP contribution in [0, 0.1) is 0 Å². The lowest BCUT2D eigenvalue weighted by molar-refractivity contribution is -0.139. The summed E-state index contributed by atoms with van der Waals surface area (Å²) in [7, 11) is -3.23. The first kappa shape index (κ1) is 21.8. The summed E-state index contributed by atoms with van der Waals surface area (Å²) in [6.07, 6.45) is 1.13. The lowest BCUT2D eigenvalue weighted by Gasteiger charge is -2.28. The molecule has 0 saturated heterocycles. The van der Waals surface area contributed by atoms with Crippen LogP contribution in [-0.4, -0.2) is 68.1 Å². The summed E-state index contributed by atoms with van der Waals surface area (Å²) in [5, 5.41) is 8.72. The molecule has 9 heteroatoms. The van der Waals surface area contributed by atoms with Crippen LogP contribution in [0.15, 0.2) is 18.2 Å². The first-order valence-corrected chi connectivity index (χ1v) is 10.2. The summed E-state index contributed by atoms with van der Waals surface area (Å²) in [5.74, 6) is -1.12. The molecule has 0 spiro atoms. The van der Waals surface area contributed by atoms with Gasteiger partial charge >= 0.3 is 5.97 Å². The average Bonchev–Trinajstić information content (AvgIpc) is 2.52. The molecular weight excluding hydrogens is 362 g/mol. The molecule has 1 atom stereocenters. The van der Waals surface area contributed by atoms with Crippen LogP contribution in [0.25, 0.3) is 0 Å². The van der Waals surface area contributed by atoms with Crippen LogP contribution in [-0.2, 0) is 14.6 Å². The molecule has 1 N–H and O–H groups in total. The number of benzene rings is 1. The van der Waals surface area contributed by atoms with E-state index in [4.69, 9.17) is 14.6 Å². The van der Waals surface area contributed by atoms with E-state index in [-0.39, 0.29) is 23.2 Å². The Labute approximate surface area is 153 Å². The van der Waals surface area contributed by atoms with Crippen LogP contribution < -0.4 is 9.47 Å². The molecular formula is C17H25NO7S. The molecule has 0 saturated carbocycles. The van der Waals surface area contributed by atoms with Gasteiger partial charge in [0, 0.05) is 24.4 Å². The minimum Gasteiger partial charge on any atom is -0.490 e. The number of ether oxygens (including phenoxy) is 2. The van der Waals surface area contributed by atoms with E-state index in [1.54, 1.807) is 20.8 Å². The Hall–Kier alpha value is -2.29. The number of aliphatic carboxylic acids is 1. The summed E-state index contributed by atoms with van der Waals surface area (Å²) < 4.78 is 33.6. The predicted octanol–water partition coefficient (Wildman–Crippen LogP) is 1.44. The molecule has 0 aliphatic carbocycles. The molecule has 0 aromatic heterocycles. The van der Waals surface area contributed by atoms with Crippen molar-refractivity contribution in [2.45, 2.75) is 26.8 Å². The minimum absolute atomic E-state index is 0.134. The topological polar surface area (TPSA) is 110 Å². The second-order valence-corrected chi connectivity index (χ2v) is 7.99. The molecule has 8 nitrogen and oxygen atoms in total. The number of rotatable bonds is 10. The maximum Gasteiger partial charge on any atom is 0.341 e. The predicted molar refractivity (Wildman–Crippen MR) is 96.6 cm³/mol. The van der Waals surface area contributed by atoms with Crippen LogP contribution in [0.3, 0.4) is 0 Å². The van der Waals surface area contributed by atoms with Gasteiger partial charge in [0.2, 0.25) is 0 Å². The van der Waals surface area contributed by atoms with Crippen molar-refractivity contribution in [3.05, 3.63) is 23.8 Å². The zero-order valence-electron chi connectivity index (χ0n) is 15.4. The molecule has 1 unspecified atom stereocenters. The van der Waals surface area contributed by atoms with Gasteiger partial charge in [0.15, 0.2) is 18.1 Å². The highest BCUT2D eigenvalue weighted by Gasteiger charge is 2.24. The second kappa shape index (κ2) is 9.42. The molecule has 26 heavy (non-hydrogen) atoms. The van der Waals surface area contributed by atoms with Gasteiger partial charge in [-0.05, 0) is 39.0 Å². The van der Waals surface area contributed by atoms with Gasteiger partial charge in [-0.25, -0.2) is 13.2 Å². The summed E-state index contributed by atoms with van der Waals surface area (Å²) >= 11 is 0. The van der Waals surface area contributed by atoms with Crippen molar-refractivity contribution in [3.8, 4) is 11.5 Å². The first-order chi connectivity index (χ1) is 12.1. The number of carbonyl (C=O) groups excluding carboxylic acids is 1. The van der Waals surface area contributed by atoms with E-state index in [2.05, 4.69) is 0 Å². The van der Waals surface area contributed by atoms with Crippen LogP contribution in [0.2, 0.25) is 0 Å². The van der Waals surface area contributed by atoms with E-state index < -0.39 is 28.5 Å². The zero-order valence-corrected chi connectivity index (χ0v) is 16.2. The maximum absolute atomic E-state index is 12.8. The Morgan fingerprint density at radius 3 is 2.35 bits per heavy atom. The molecule has 1 aromatic rings. The molecule has 0 bridgehead atoms. The van der Waals surface area contributed by atoms with Crippen molar-refractivity contribution in [1.29, 1.82) is 0 Å². The zero-order chi connectivity index (χ0) is 19.9. The SMILES string of the molecule is CCOc1cc(C(=O)N(CC)C(C)CS(C)(=O)=O)ccc1OCC(=O)O. The highest BCUT2D eigenvalue weighted by molar-refractivity contribution is 7.90. The number of hydrogen-bond donors (Lipinski definition) is 1. The second-order valence-electron chi connectivity index (χ2n) is 5.81. The fraction of sp³-hybridized carbons (Fsp3) is 0.529. The standard InChI is InChI=1S/C17H25NO7S/c1-5-18(12(3)11-26(4,22)23)17(21)13-7-8-14(25-10-16(19)20)15(9-13)24-6-2/h7-9,12H,5-6,10-11H2,1-4H3,(H,19,20). The largest absolute Gasteiger partial charge is 0.490 e. The van der Waals surface area contributed by atoms with Crippen molar-refractivity contribution in [2.24, 2.45) is 0 Å². The van der Waals surface area contributed by atoms with E-state index in [9.17, 15) is 18.0 Å². The minimum atomic E-state index is -3.23. The molecule has 0 aliphatic rings. The highest BCUT2D eigenvalue weighted by Crippen LogP contribution is 2.29. The van der Waals surface area contributed by atoms with Crippen molar-refractivity contribution in [1.82, 2.24) is 4.90 Å². The number of sulfone groups is 1. The van der Waals surface area contributed by atoms with Crippen molar-refractivity contribution in [3.63, 3.8) is 0 Å². The van der Waals surface area contributed by atoms with E-state index >= 15 is 0 Å². The Bertz CT molecular complexity index is 745. The lowest BCUT2D eigenvalue weighted by atomic mass is 10.1. The fourth-order valence-corrected chi connectivity index (χ4v) is 3.57. The highest BCUT2D eigenvalue weighted by atomic mass is 32.2. The number of amides is 1. The molecule has 0 heterocycles. The number of carbonyl (C=O) groups is 2. The monoisotopic (exact) mass is 387 g/mol. The van der Waals surface area contributed by atoms with E-state index in [1.165, 1.54) is 23.1 Å². The molecule has 0 aliphatic heterocycles. The Kier molecular flexibility index (Phi) is 7.88. The quantitative estimate of drug-likeness (QED) is 0.647. The van der Waals surface area contributed by atoms with E-state index in [1.807, 2.05) is 0 Å². The van der Waals surface area contributed by atoms with Gasteiger partial charge in [0.05, 0.1) is 12.4 Å². The van der Waals surface area contributed by atoms with Gasteiger partial charge in [0.25, 0.3) is 5.91 Å². The third kappa shape index (κ3) is 6.55. The smallest absolute Gasteiger partial charge is 0.341 e. The molecule has 1 amide bonds. The van der Waals surface area contributed by atoms with Gasteiger partial charge in [-0.15, -0.1) is 0 Å². The summed E-state index contributed by atoms with van der Waals surface area (Å²) in [5.41, 5.74) is 0.304. The van der Waals surface area contributed by atoms with Crippen LogP contribution >= 0.6 is 0 Å². The first-order valence-electron chi connectivity index (χ1n) is 8.19. The fourth-order valence-electron chi connectivity index (χ4n) is 2.52. The summed E-state index contributed by atoms with van der Waals surface area (Å²) in [6, 6.07) is 3.95. The Morgan fingerprint density at radius 2 is 1.85 bits per heavy atom. The maximum atomic E-state index is 12.8. The van der Waals surface area contributed by atoms with Crippen molar-refractivity contribution in [2.75, 3.05) is 31.8 Å². The van der Waals surface area contributed by atoms with Gasteiger partial charge in [-0.2, -0.15) is 0 Å². The molecule has 1 rings (SSSR count). The number of hydrogen-bond acceptors (Lipinski definition) is 6. The molecule has 0 radical (unpaired) electrons. The molecule has 0 fully saturated rings. The average molecular weight is 387 g/mol. The molecule has 146 valence electrons. The lowest BCUT2D eigenvalue weighted by Crippen LogP contribution is -2.42. The third-order valence-electron chi connectivity index (χ3n) is 3.52. The van der Waals surface area contributed by atoms with Crippen LogP contribution in [0.4, 0.5) is 0 Å².